The molecule has 1 fully saturated rings. The van der Waals surface area contributed by atoms with Gasteiger partial charge in [-0.3, -0.25) is 4.79 Å². The highest BCUT2D eigenvalue weighted by Crippen LogP contribution is 2.19. The van der Waals surface area contributed by atoms with Crippen molar-refractivity contribution in [3.05, 3.63) is 29.6 Å². The molecule has 0 unspecified atom stereocenters. The van der Waals surface area contributed by atoms with Gasteiger partial charge in [0.25, 0.3) is 5.91 Å². The maximum atomic E-state index is 12.6. The zero-order valence-corrected chi connectivity index (χ0v) is 12.7. The number of benzene rings is 1. The van der Waals surface area contributed by atoms with Crippen LogP contribution in [-0.4, -0.2) is 45.0 Å². The summed E-state index contributed by atoms with van der Waals surface area (Å²) in [6, 6.07) is 5.83. The third kappa shape index (κ3) is 2.42. The molecular weight excluding hydrogens is 270 g/mol. The van der Waals surface area contributed by atoms with E-state index in [1.54, 1.807) is 0 Å². The molecule has 1 aromatic heterocycles. The minimum atomic E-state index is 0.137. The fourth-order valence-corrected chi connectivity index (χ4v) is 3.47. The molecule has 4 nitrogen and oxygen atoms in total. The molecule has 0 bridgehead atoms. The lowest BCUT2D eigenvalue weighted by molar-refractivity contribution is 0.0768. The molecule has 0 aliphatic carbocycles. The first-order valence-corrected chi connectivity index (χ1v) is 8.12. The monoisotopic (exact) mass is 289 g/mol. The molecule has 1 amide bonds. The Morgan fingerprint density at radius 3 is 3.00 bits per heavy atom. The molecule has 5 heteroatoms. The van der Waals surface area contributed by atoms with Crippen LogP contribution in [0.25, 0.3) is 11.0 Å². The van der Waals surface area contributed by atoms with Crippen LogP contribution in [0.4, 0.5) is 0 Å². The molecule has 20 heavy (non-hydrogen) atoms. The minimum absolute atomic E-state index is 0.137. The number of carbonyl (C=O) groups excluding carboxylic acids is 1. The van der Waals surface area contributed by atoms with Crippen molar-refractivity contribution in [3.8, 4) is 0 Å². The Morgan fingerprint density at radius 2 is 2.15 bits per heavy atom. The van der Waals surface area contributed by atoms with E-state index in [1.807, 2.05) is 53.4 Å². The van der Waals surface area contributed by atoms with Crippen LogP contribution in [0.5, 0.6) is 0 Å². The van der Waals surface area contributed by atoms with Crippen LogP contribution in [0, 0.1) is 6.92 Å². The highest BCUT2D eigenvalue weighted by atomic mass is 32.2. The smallest absolute Gasteiger partial charge is 0.253 e. The standard InChI is InChI=1S/C15H19N3OS/c1-11-16-13-10-12(4-5-14(13)17(11)2)15(19)18-6-3-8-20-9-7-18/h4-5,10H,3,6-9H2,1-2H3. The van der Waals surface area contributed by atoms with Gasteiger partial charge in [-0.15, -0.1) is 0 Å². The van der Waals surface area contributed by atoms with Gasteiger partial charge in [-0.25, -0.2) is 4.98 Å². The molecule has 2 aromatic rings. The van der Waals surface area contributed by atoms with Crippen LogP contribution in [0.3, 0.4) is 0 Å². The lowest BCUT2D eigenvalue weighted by atomic mass is 10.1. The zero-order chi connectivity index (χ0) is 14.1. The van der Waals surface area contributed by atoms with E-state index >= 15 is 0 Å². The highest BCUT2D eigenvalue weighted by Gasteiger charge is 2.18. The normalized spacial score (nSPS) is 16.4. The van der Waals surface area contributed by atoms with Gasteiger partial charge in [0.2, 0.25) is 0 Å². The molecule has 0 atom stereocenters. The summed E-state index contributed by atoms with van der Waals surface area (Å²) >= 11 is 1.93. The van der Waals surface area contributed by atoms with E-state index in [1.165, 1.54) is 0 Å². The Kier molecular flexibility index (Phi) is 3.70. The number of thioether (sulfide) groups is 1. The first kappa shape index (κ1) is 13.5. The number of nitrogens with zero attached hydrogens (tertiary/aromatic N) is 3. The summed E-state index contributed by atoms with van der Waals surface area (Å²) < 4.78 is 2.05. The number of imidazole rings is 1. The number of hydrogen-bond donors (Lipinski definition) is 0. The Labute approximate surface area is 123 Å². The lowest BCUT2D eigenvalue weighted by Gasteiger charge is -2.19. The molecule has 1 aliphatic heterocycles. The molecule has 1 aliphatic rings. The van der Waals surface area contributed by atoms with Crippen molar-refractivity contribution in [1.29, 1.82) is 0 Å². The molecule has 3 rings (SSSR count). The molecule has 0 N–H and O–H groups in total. The van der Waals surface area contributed by atoms with E-state index in [0.29, 0.717) is 0 Å². The third-order valence-corrected chi connectivity index (χ3v) is 4.91. The Bertz CT molecular complexity index is 642. The van der Waals surface area contributed by atoms with Crippen molar-refractivity contribution in [3.63, 3.8) is 0 Å². The number of fused-ring (bicyclic) bond motifs is 1. The van der Waals surface area contributed by atoms with Crippen molar-refractivity contribution in [1.82, 2.24) is 14.5 Å². The molecule has 1 saturated heterocycles. The highest BCUT2D eigenvalue weighted by molar-refractivity contribution is 7.99. The predicted molar refractivity (Wildman–Crippen MR) is 83.3 cm³/mol. The number of amides is 1. The van der Waals surface area contributed by atoms with Gasteiger partial charge in [-0.05, 0) is 37.3 Å². The number of aryl methyl sites for hydroxylation is 2. The molecule has 1 aromatic carbocycles. The van der Waals surface area contributed by atoms with E-state index in [2.05, 4.69) is 4.98 Å². The average molecular weight is 289 g/mol. The summed E-state index contributed by atoms with van der Waals surface area (Å²) in [5, 5.41) is 0. The second-order valence-corrected chi connectivity index (χ2v) is 6.40. The summed E-state index contributed by atoms with van der Waals surface area (Å²) in [5.41, 5.74) is 2.73. The number of rotatable bonds is 1. The Hall–Kier alpha value is -1.49. The number of carbonyl (C=O) groups is 1. The van der Waals surface area contributed by atoms with Crippen molar-refractivity contribution in [2.75, 3.05) is 24.6 Å². The first-order valence-electron chi connectivity index (χ1n) is 6.97. The molecular formula is C15H19N3OS. The fraction of sp³-hybridized carbons (Fsp3) is 0.467. The molecule has 106 valence electrons. The van der Waals surface area contributed by atoms with Gasteiger partial charge in [0.1, 0.15) is 5.82 Å². The average Bonchev–Trinajstić information content (AvgIpc) is 2.65. The van der Waals surface area contributed by atoms with Crippen LogP contribution in [0.15, 0.2) is 18.2 Å². The Morgan fingerprint density at radius 1 is 1.30 bits per heavy atom. The van der Waals surface area contributed by atoms with Gasteiger partial charge < -0.3 is 9.47 Å². The van der Waals surface area contributed by atoms with Gasteiger partial charge in [-0.1, -0.05) is 0 Å². The van der Waals surface area contributed by atoms with Crippen LogP contribution < -0.4 is 0 Å². The van der Waals surface area contributed by atoms with E-state index in [4.69, 9.17) is 0 Å². The van der Waals surface area contributed by atoms with E-state index in [0.717, 1.165) is 53.4 Å². The third-order valence-electron chi connectivity index (χ3n) is 3.86. The SMILES string of the molecule is Cc1nc2cc(C(=O)N3CCCSCC3)ccc2n1C. The molecule has 0 saturated carbocycles. The number of aromatic nitrogens is 2. The van der Waals surface area contributed by atoms with Gasteiger partial charge in [0, 0.05) is 31.5 Å². The van der Waals surface area contributed by atoms with E-state index < -0.39 is 0 Å². The van der Waals surface area contributed by atoms with Crippen molar-refractivity contribution < 1.29 is 4.79 Å². The summed E-state index contributed by atoms with van der Waals surface area (Å²) in [6.07, 6.45) is 1.08. The minimum Gasteiger partial charge on any atom is -0.338 e. The second-order valence-electron chi connectivity index (χ2n) is 5.18. The summed E-state index contributed by atoms with van der Waals surface area (Å²) in [5.74, 6) is 3.30. The van der Waals surface area contributed by atoms with Gasteiger partial charge in [0.05, 0.1) is 11.0 Å². The second kappa shape index (κ2) is 5.48. The van der Waals surface area contributed by atoms with E-state index in [-0.39, 0.29) is 5.91 Å². The first-order chi connectivity index (χ1) is 9.66. The predicted octanol–water partition coefficient (Wildman–Crippen LogP) is 2.46. The van der Waals surface area contributed by atoms with Crippen LogP contribution >= 0.6 is 11.8 Å². The summed E-state index contributed by atoms with van der Waals surface area (Å²) in [4.78, 5) is 19.0. The Balaban J connectivity index is 1.91. The van der Waals surface area contributed by atoms with Crippen LogP contribution in [0.2, 0.25) is 0 Å². The molecule has 0 spiro atoms. The van der Waals surface area contributed by atoms with Crippen molar-refractivity contribution in [2.45, 2.75) is 13.3 Å². The van der Waals surface area contributed by atoms with Crippen LogP contribution in [0.1, 0.15) is 22.6 Å². The summed E-state index contributed by atoms with van der Waals surface area (Å²) in [7, 11) is 2.00. The van der Waals surface area contributed by atoms with Crippen LogP contribution in [-0.2, 0) is 7.05 Å². The van der Waals surface area contributed by atoms with E-state index in [9.17, 15) is 4.79 Å². The maximum Gasteiger partial charge on any atom is 0.253 e. The molecule has 0 radical (unpaired) electrons. The zero-order valence-electron chi connectivity index (χ0n) is 11.9. The molecule has 2 heterocycles. The largest absolute Gasteiger partial charge is 0.338 e. The quantitative estimate of drug-likeness (QED) is 0.809. The maximum absolute atomic E-state index is 12.6. The van der Waals surface area contributed by atoms with Gasteiger partial charge in [0.15, 0.2) is 0 Å². The lowest BCUT2D eigenvalue weighted by Crippen LogP contribution is -2.32. The van der Waals surface area contributed by atoms with Gasteiger partial charge in [-0.2, -0.15) is 11.8 Å². The topological polar surface area (TPSA) is 38.1 Å². The fourth-order valence-electron chi connectivity index (χ4n) is 2.59. The van der Waals surface area contributed by atoms with Crippen molar-refractivity contribution in [2.24, 2.45) is 7.05 Å². The number of hydrogen-bond acceptors (Lipinski definition) is 3. The van der Waals surface area contributed by atoms with Gasteiger partial charge >= 0.3 is 0 Å². The van der Waals surface area contributed by atoms with Crippen molar-refractivity contribution >= 4 is 28.7 Å². The summed E-state index contributed by atoms with van der Waals surface area (Å²) in [6.45, 7) is 3.70.